The zero-order chi connectivity index (χ0) is 65.0. The third-order valence-corrected chi connectivity index (χ3v) is 18.2. The molecule has 0 saturated carbocycles. The van der Waals surface area contributed by atoms with Gasteiger partial charge in [0.15, 0.2) is 12.2 Å². The number of aliphatic hydroxyl groups is 1. The van der Waals surface area contributed by atoms with E-state index in [0.29, 0.717) is 25.7 Å². The molecule has 17 nitrogen and oxygen atoms in total. The highest BCUT2D eigenvalue weighted by Gasteiger charge is 2.30. The predicted octanol–water partition coefficient (Wildman–Crippen LogP) is 19.6. The first kappa shape index (κ1) is 86.1. The van der Waals surface area contributed by atoms with Crippen LogP contribution in [0.5, 0.6) is 0 Å². The monoisotopic (exact) mass is 1300 g/mol. The predicted molar refractivity (Wildman–Crippen MR) is 354 cm³/mol. The summed E-state index contributed by atoms with van der Waals surface area (Å²) in [5.41, 5.74) is 0. The molecular formula is C69H134O17P2. The minimum Gasteiger partial charge on any atom is -0.462 e. The van der Waals surface area contributed by atoms with E-state index in [1.165, 1.54) is 154 Å². The molecule has 0 fully saturated rings. The van der Waals surface area contributed by atoms with Crippen molar-refractivity contribution in [2.75, 3.05) is 39.6 Å². The van der Waals surface area contributed by atoms with E-state index < -0.39 is 97.5 Å². The van der Waals surface area contributed by atoms with Gasteiger partial charge in [0.2, 0.25) is 0 Å². The van der Waals surface area contributed by atoms with E-state index in [9.17, 15) is 43.2 Å². The molecule has 0 amide bonds. The fourth-order valence-corrected chi connectivity index (χ4v) is 12.0. The van der Waals surface area contributed by atoms with Crippen LogP contribution in [0.4, 0.5) is 0 Å². The van der Waals surface area contributed by atoms with Crippen molar-refractivity contribution in [2.24, 2.45) is 11.8 Å². The third kappa shape index (κ3) is 61.6. The van der Waals surface area contributed by atoms with E-state index in [4.69, 9.17) is 37.0 Å². The summed E-state index contributed by atoms with van der Waals surface area (Å²) in [6.45, 7) is 9.51. The zero-order valence-electron chi connectivity index (χ0n) is 57.0. The molecule has 0 aromatic rings. The zero-order valence-corrected chi connectivity index (χ0v) is 58.8. The number of hydrogen-bond acceptors (Lipinski definition) is 15. The van der Waals surface area contributed by atoms with Crippen LogP contribution in [0.2, 0.25) is 0 Å². The third-order valence-electron chi connectivity index (χ3n) is 16.3. The molecular weight excluding hydrogens is 1160 g/mol. The minimum absolute atomic E-state index is 0.105. The van der Waals surface area contributed by atoms with E-state index in [1.54, 1.807) is 0 Å². The van der Waals surface area contributed by atoms with Crippen LogP contribution in [0.25, 0.3) is 0 Å². The SMILES string of the molecule is CCCCCCCCCCCCCCCCC(=O)OC[C@H](COP(=O)(O)OC[C@@H](O)COP(=O)(O)OC[C@@H](COC(=O)CCCCCCCCC)OC(=O)CCCCCCCCCCC(C)CC)OC(=O)CCCCCCCCCCCCCCC(C)C. The lowest BCUT2D eigenvalue weighted by Crippen LogP contribution is -2.30. The lowest BCUT2D eigenvalue weighted by molar-refractivity contribution is -0.161. The van der Waals surface area contributed by atoms with Crippen LogP contribution in [0.15, 0.2) is 0 Å². The Hall–Kier alpha value is -1.94. The van der Waals surface area contributed by atoms with Crippen LogP contribution in [-0.4, -0.2) is 96.7 Å². The number of rotatable bonds is 68. The molecule has 0 rings (SSSR count). The van der Waals surface area contributed by atoms with Gasteiger partial charge in [-0.25, -0.2) is 9.13 Å². The molecule has 0 bridgehead atoms. The second-order valence-corrected chi connectivity index (χ2v) is 28.5. The lowest BCUT2D eigenvalue weighted by atomic mass is 9.99. The van der Waals surface area contributed by atoms with E-state index >= 15 is 0 Å². The molecule has 6 atom stereocenters. The molecule has 0 aliphatic carbocycles. The topological polar surface area (TPSA) is 237 Å². The van der Waals surface area contributed by atoms with E-state index in [0.717, 1.165) is 115 Å². The molecule has 0 aromatic carbocycles. The summed E-state index contributed by atoms with van der Waals surface area (Å²) in [5, 5.41) is 10.6. The van der Waals surface area contributed by atoms with Gasteiger partial charge in [0.05, 0.1) is 26.4 Å². The van der Waals surface area contributed by atoms with Gasteiger partial charge < -0.3 is 33.8 Å². The van der Waals surface area contributed by atoms with Crippen molar-refractivity contribution in [1.82, 2.24) is 0 Å². The Bertz CT molecular complexity index is 1720. The molecule has 0 spiro atoms. The summed E-state index contributed by atoms with van der Waals surface area (Å²) < 4.78 is 68.2. The van der Waals surface area contributed by atoms with Crippen LogP contribution in [-0.2, 0) is 65.4 Å². The van der Waals surface area contributed by atoms with Crippen molar-refractivity contribution in [1.29, 1.82) is 0 Å². The van der Waals surface area contributed by atoms with Crippen LogP contribution in [0, 0.1) is 11.8 Å². The average molecular weight is 1300 g/mol. The van der Waals surface area contributed by atoms with Gasteiger partial charge in [-0.2, -0.15) is 0 Å². The molecule has 0 aliphatic heterocycles. The fourth-order valence-electron chi connectivity index (χ4n) is 10.4. The highest BCUT2D eigenvalue weighted by Crippen LogP contribution is 2.45. The summed E-state index contributed by atoms with van der Waals surface area (Å²) in [5.74, 6) is -0.583. The Kier molecular flexibility index (Phi) is 59.9. The lowest BCUT2D eigenvalue weighted by Gasteiger charge is -2.21. The maximum atomic E-state index is 13.0. The second-order valence-electron chi connectivity index (χ2n) is 25.6. The number of aliphatic hydroxyl groups excluding tert-OH is 1. The van der Waals surface area contributed by atoms with Crippen molar-refractivity contribution in [3.8, 4) is 0 Å². The van der Waals surface area contributed by atoms with Crippen LogP contribution >= 0.6 is 15.6 Å². The average Bonchev–Trinajstić information content (AvgIpc) is 3.56. The van der Waals surface area contributed by atoms with Crippen LogP contribution < -0.4 is 0 Å². The van der Waals surface area contributed by atoms with Gasteiger partial charge >= 0.3 is 39.5 Å². The maximum absolute atomic E-state index is 13.0. The molecule has 522 valence electrons. The molecule has 0 radical (unpaired) electrons. The highest BCUT2D eigenvalue weighted by atomic mass is 31.2. The second kappa shape index (κ2) is 61.3. The van der Waals surface area contributed by atoms with Crippen molar-refractivity contribution in [2.45, 2.75) is 368 Å². The van der Waals surface area contributed by atoms with Gasteiger partial charge in [0, 0.05) is 25.7 Å². The highest BCUT2D eigenvalue weighted by molar-refractivity contribution is 7.47. The van der Waals surface area contributed by atoms with Crippen molar-refractivity contribution in [3.63, 3.8) is 0 Å². The van der Waals surface area contributed by atoms with Gasteiger partial charge in [-0.05, 0) is 37.5 Å². The van der Waals surface area contributed by atoms with Crippen molar-refractivity contribution < 1.29 is 80.2 Å². The molecule has 3 unspecified atom stereocenters. The first-order valence-corrected chi connectivity index (χ1v) is 39.0. The Balaban J connectivity index is 5.22. The van der Waals surface area contributed by atoms with Crippen molar-refractivity contribution >= 4 is 39.5 Å². The number of carbonyl (C=O) groups is 4. The van der Waals surface area contributed by atoms with Crippen molar-refractivity contribution in [3.05, 3.63) is 0 Å². The van der Waals surface area contributed by atoms with Crippen LogP contribution in [0.1, 0.15) is 350 Å². The minimum atomic E-state index is -4.95. The van der Waals surface area contributed by atoms with Crippen LogP contribution in [0.3, 0.4) is 0 Å². The van der Waals surface area contributed by atoms with E-state index in [1.807, 2.05) is 0 Å². The largest absolute Gasteiger partial charge is 0.472 e. The Morgan fingerprint density at radius 1 is 0.330 bits per heavy atom. The number of phosphoric ester groups is 2. The molecule has 88 heavy (non-hydrogen) atoms. The maximum Gasteiger partial charge on any atom is 0.472 e. The molecule has 19 heteroatoms. The summed E-state index contributed by atoms with van der Waals surface area (Å²) in [7, 11) is -9.89. The van der Waals surface area contributed by atoms with Gasteiger partial charge in [-0.15, -0.1) is 0 Å². The molecule has 0 aliphatic rings. The molecule has 0 aromatic heterocycles. The number of esters is 4. The summed E-state index contributed by atoms with van der Waals surface area (Å²) in [4.78, 5) is 72.4. The number of carbonyl (C=O) groups excluding carboxylic acids is 4. The Labute approximate surface area is 537 Å². The van der Waals surface area contributed by atoms with E-state index in [2.05, 4.69) is 41.5 Å². The first-order chi connectivity index (χ1) is 42.4. The fraction of sp³-hybridized carbons (Fsp3) is 0.942. The summed E-state index contributed by atoms with van der Waals surface area (Å²) >= 11 is 0. The Morgan fingerprint density at radius 3 is 0.864 bits per heavy atom. The number of unbranched alkanes of at least 4 members (excludes halogenated alkanes) is 37. The number of hydrogen-bond donors (Lipinski definition) is 3. The molecule has 3 N–H and O–H groups in total. The molecule has 0 saturated heterocycles. The van der Waals surface area contributed by atoms with Gasteiger partial charge in [0.25, 0.3) is 0 Å². The van der Waals surface area contributed by atoms with Gasteiger partial charge in [0.1, 0.15) is 19.3 Å². The standard InChI is InChI=1S/C69H134O17P2/c1-7-10-12-14-16-17-18-19-20-24-27-34-40-46-52-67(72)80-58-65(85-68(73)53-47-41-35-28-25-22-21-23-26-32-37-43-49-61(4)5)60-84-88(77,78)82-56-63(70)55-81-87(75,76)83-59-64(57-79-66(71)51-45-39-31-15-13-11-8-2)86-69(74)54-48-42-36-30-29-33-38-44-50-62(6)9-3/h61-65,70H,7-60H2,1-6H3,(H,75,76)(H,77,78)/t62?,63-,64+,65+/m0/s1. The van der Waals surface area contributed by atoms with Gasteiger partial charge in [-0.1, -0.05) is 298 Å². The summed E-state index contributed by atoms with van der Waals surface area (Å²) in [6, 6.07) is 0. The Morgan fingerprint density at radius 2 is 0.580 bits per heavy atom. The normalized spacial score (nSPS) is 14.5. The van der Waals surface area contributed by atoms with E-state index in [-0.39, 0.29) is 25.7 Å². The van der Waals surface area contributed by atoms with Gasteiger partial charge in [-0.3, -0.25) is 37.3 Å². The number of phosphoric acid groups is 2. The number of ether oxygens (including phenoxy) is 4. The first-order valence-electron chi connectivity index (χ1n) is 36.0. The molecule has 0 heterocycles. The summed E-state index contributed by atoms with van der Waals surface area (Å²) in [6.07, 6.45) is 45.8. The smallest absolute Gasteiger partial charge is 0.462 e. The quantitative estimate of drug-likeness (QED) is 0.0222.